The number of aliphatic carboxylic acids is 1. The van der Waals surface area contributed by atoms with Crippen LogP contribution in [-0.2, 0) is 17.8 Å². The summed E-state index contributed by atoms with van der Waals surface area (Å²) in [5, 5.41) is 11.3. The molecule has 11 heteroatoms. The summed E-state index contributed by atoms with van der Waals surface area (Å²) in [7, 11) is 3.42. The van der Waals surface area contributed by atoms with E-state index < -0.39 is 30.3 Å². The lowest BCUT2D eigenvalue weighted by atomic mass is 9.92. The van der Waals surface area contributed by atoms with Crippen molar-refractivity contribution in [3.63, 3.8) is 0 Å². The molecule has 0 aromatic heterocycles. The highest BCUT2D eigenvalue weighted by molar-refractivity contribution is 6.01. The van der Waals surface area contributed by atoms with Crippen molar-refractivity contribution in [1.29, 1.82) is 0 Å². The SMILES string of the molecule is C=C(C)c1cc(C)c(C(N)=O)c(F)c1.CCC(F)(F)F.CCC/C=C\C(C)CC.COc1cc(CN2CCC3(CC3)C2)cc(OC)c1-c1cccc2c(CCC(=O)O)cccc12. The van der Waals surface area contributed by atoms with E-state index in [0.717, 1.165) is 70.5 Å². The van der Waals surface area contributed by atoms with E-state index in [1.165, 1.54) is 56.7 Å². The molecular weight excluding hydrogens is 797 g/mol. The first-order chi connectivity index (χ1) is 29.3. The highest BCUT2D eigenvalue weighted by Gasteiger charge is 2.47. The number of alkyl halides is 3. The number of benzene rings is 4. The zero-order valence-corrected chi connectivity index (χ0v) is 37.8. The number of methoxy groups -OCH3 is 2. The molecular formula is C51H66F4N2O5. The Labute approximate surface area is 366 Å². The van der Waals surface area contributed by atoms with Crippen molar-refractivity contribution >= 4 is 28.2 Å². The molecule has 7 nitrogen and oxygen atoms in total. The summed E-state index contributed by atoms with van der Waals surface area (Å²) in [5.74, 6) is 0.259. The van der Waals surface area contributed by atoms with E-state index in [9.17, 15) is 27.2 Å². The lowest BCUT2D eigenvalue weighted by Crippen LogP contribution is -2.20. The lowest BCUT2D eigenvalue weighted by Gasteiger charge is -2.20. The smallest absolute Gasteiger partial charge is 0.388 e. The zero-order valence-electron chi connectivity index (χ0n) is 37.8. The summed E-state index contributed by atoms with van der Waals surface area (Å²) in [6, 6.07) is 19.5. The Balaban J connectivity index is 0.000000289. The highest BCUT2D eigenvalue weighted by atomic mass is 19.4. The molecule has 1 saturated carbocycles. The average molecular weight is 863 g/mol. The fourth-order valence-electron chi connectivity index (χ4n) is 7.32. The van der Waals surface area contributed by atoms with E-state index in [1.807, 2.05) is 18.2 Å². The van der Waals surface area contributed by atoms with E-state index in [0.29, 0.717) is 23.0 Å². The topological polar surface area (TPSA) is 102 Å². The number of primary amides is 1. The second kappa shape index (κ2) is 23.9. The number of carbonyl (C=O) groups is 2. The normalized spacial score (nSPS) is 14.5. The number of hydrogen-bond acceptors (Lipinski definition) is 5. The van der Waals surface area contributed by atoms with Crippen LogP contribution in [0.5, 0.6) is 11.5 Å². The number of nitrogens with zero attached hydrogens (tertiary/aromatic N) is 1. The number of amides is 1. The Kier molecular flexibility index (Phi) is 19.7. The number of unbranched alkanes of at least 4 members (excludes halogenated alkanes) is 1. The minimum Gasteiger partial charge on any atom is -0.496 e. The quantitative estimate of drug-likeness (QED) is 0.0967. The van der Waals surface area contributed by atoms with Crippen LogP contribution in [0, 0.1) is 24.1 Å². The highest BCUT2D eigenvalue weighted by Crippen LogP contribution is 2.53. The van der Waals surface area contributed by atoms with Gasteiger partial charge < -0.3 is 20.3 Å². The summed E-state index contributed by atoms with van der Waals surface area (Å²) in [6.45, 7) is 18.2. The van der Waals surface area contributed by atoms with Gasteiger partial charge in [-0.3, -0.25) is 14.5 Å². The van der Waals surface area contributed by atoms with Gasteiger partial charge in [0.2, 0.25) is 0 Å². The van der Waals surface area contributed by atoms with E-state index in [4.69, 9.17) is 20.3 Å². The number of allylic oxidation sites excluding steroid dienone is 3. The number of hydrogen-bond donors (Lipinski definition) is 2. The van der Waals surface area contributed by atoms with Gasteiger partial charge >= 0.3 is 12.1 Å². The summed E-state index contributed by atoms with van der Waals surface area (Å²) in [6.07, 6.45) is 8.38. The van der Waals surface area contributed by atoms with Crippen LogP contribution in [0.1, 0.15) is 119 Å². The van der Waals surface area contributed by atoms with Gasteiger partial charge in [-0.1, -0.05) is 107 Å². The number of halogens is 4. The Morgan fingerprint density at radius 3 is 2.08 bits per heavy atom. The lowest BCUT2D eigenvalue weighted by molar-refractivity contribution is -0.137. The molecule has 2 aliphatic rings. The van der Waals surface area contributed by atoms with Crippen LogP contribution in [0.25, 0.3) is 27.5 Å². The predicted octanol–water partition coefficient (Wildman–Crippen LogP) is 13.1. The second-order valence-corrected chi connectivity index (χ2v) is 16.4. The van der Waals surface area contributed by atoms with Gasteiger partial charge in [-0.2, -0.15) is 13.2 Å². The third-order valence-electron chi connectivity index (χ3n) is 11.3. The molecule has 4 aromatic carbocycles. The van der Waals surface area contributed by atoms with Gasteiger partial charge in [0, 0.05) is 25.9 Å². The average Bonchev–Trinajstić information content (AvgIpc) is 3.88. The van der Waals surface area contributed by atoms with Crippen LogP contribution in [-0.4, -0.2) is 55.4 Å². The first kappa shape index (κ1) is 51.2. The van der Waals surface area contributed by atoms with Gasteiger partial charge in [-0.05, 0) is 121 Å². The van der Waals surface area contributed by atoms with Crippen molar-refractivity contribution in [2.45, 2.75) is 112 Å². The molecule has 0 radical (unpaired) electrons. The molecule has 6 rings (SSSR count). The number of rotatable bonds is 14. The van der Waals surface area contributed by atoms with Gasteiger partial charge in [0.15, 0.2) is 0 Å². The van der Waals surface area contributed by atoms with Crippen LogP contribution < -0.4 is 15.2 Å². The van der Waals surface area contributed by atoms with Gasteiger partial charge in [-0.15, -0.1) is 0 Å². The molecule has 1 amide bonds. The fourth-order valence-corrected chi connectivity index (χ4v) is 7.32. The van der Waals surface area contributed by atoms with E-state index in [-0.39, 0.29) is 12.0 Å². The summed E-state index contributed by atoms with van der Waals surface area (Å²) >= 11 is 0. The molecule has 2 fully saturated rings. The molecule has 1 spiro atoms. The van der Waals surface area contributed by atoms with Crippen molar-refractivity contribution in [3.8, 4) is 22.6 Å². The second-order valence-electron chi connectivity index (χ2n) is 16.4. The van der Waals surface area contributed by atoms with Crippen LogP contribution in [0.4, 0.5) is 17.6 Å². The first-order valence-corrected chi connectivity index (χ1v) is 21.5. The van der Waals surface area contributed by atoms with Gasteiger partial charge in [0.25, 0.3) is 5.91 Å². The molecule has 4 aromatic rings. The molecule has 1 atom stereocenters. The van der Waals surface area contributed by atoms with Crippen LogP contribution in [0.2, 0.25) is 0 Å². The maximum atomic E-state index is 13.4. The number of carboxylic acid groups (broad SMARTS) is 1. The van der Waals surface area contributed by atoms with Crippen molar-refractivity contribution < 1.29 is 41.7 Å². The number of aryl methyl sites for hydroxylation is 2. The van der Waals surface area contributed by atoms with Gasteiger partial charge in [0.05, 0.1) is 25.3 Å². The first-order valence-electron chi connectivity index (χ1n) is 21.5. The predicted molar refractivity (Wildman–Crippen MR) is 244 cm³/mol. The molecule has 1 saturated heterocycles. The van der Waals surface area contributed by atoms with Crippen LogP contribution in [0.15, 0.2) is 79.4 Å². The summed E-state index contributed by atoms with van der Waals surface area (Å²) in [4.78, 5) is 24.6. The third kappa shape index (κ3) is 15.3. The number of nitrogens with two attached hydrogens (primary N) is 1. The van der Waals surface area contributed by atoms with Gasteiger partial charge in [-0.25, -0.2) is 4.39 Å². The minimum atomic E-state index is -3.96. The van der Waals surface area contributed by atoms with Crippen molar-refractivity contribution in [2.75, 3.05) is 27.3 Å². The molecule has 1 aliphatic carbocycles. The largest absolute Gasteiger partial charge is 0.496 e. The summed E-state index contributed by atoms with van der Waals surface area (Å²) in [5.41, 5.74) is 11.8. The molecule has 62 heavy (non-hydrogen) atoms. The van der Waals surface area contributed by atoms with Gasteiger partial charge in [0.1, 0.15) is 17.3 Å². The minimum absolute atomic E-state index is 0.0463. The van der Waals surface area contributed by atoms with Crippen molar-refractivity contribution in [2.24, 2.45) is 17.1 Å². The summed E-state index contributed by atoms with van der Waals surface area (Å²) < 4.78 is 57.5. The van der Waals surface area contributed by atoms with E-state index in [2.05, 4.69) is 74.7 Å². The number of ether oxygens (including phenoxy) is 2. The fraction of sp³-hybridized carbons (Fsp3) is 0.451. The van der Waals surface area contributed by atoms with E-state index in [1.54, 1.807) is 34.1 Å². The molecule has 338 valence electrons. The number of fused-ring (bicyclic) bond motifs is 1. The Morgan fingerprint density at radius 1 is 0.984 bits per heavy atom. The number of carboxylic acids is 1. The van der Waals surface area contributed by atoms with Crippen LogP contribution in [0.3, 0.4) is 0 Å². The Hall–Kier alpha value is -5.16. The Bertz CT molecular complexity index is 2110. The Morgan fingerprint density at radius 2 is 1.60 bits per heavy atom. The number of likely N-dealkylation sites (tertiary alicyclic amines) is 1. The third-order valence-corrected chi connectivity index (χ3v) is 11.3. The maximum Gasteiger partial charge on any atom is 0.388 e. The maximum absolute atomic E-state index is 13.4. The monoisotopic (exact) mass is 862 g/mol. The standard InChI is InChI=1S/C28H31NO4.C11H12FNO.C9H18.C3H5F3/c1-32-24-15-19(17-29-14-13-28(18-29)11-12-28)16-25(33-2)27(24)23-8-4-6-21-20(9-10-26(30)31)5-3-7-22(21)23;1-6(2)8-4-7(3)10(11(13)14)9(12)5-8;1-4-6-7-8-9(3)5-2;1-2-3(4,5)6/h3-8,15-16H,9-14,17-18H2,1-2H3,(H,30,31);4-5H,1H2,2-3H3,(H2,13,14);7-9H,4-6H2,1-3H3;2H2,1H3/b;;8-7-;. The zero-order chi connectivity index (χ0) is 46.2. The van der Waals surface area contributed by atoms with Crippen molar-refractivity contribution in [3.05, 3.63) is 113 Å². The molecule has 1 aliphatic heterocycles. The molecule has 3 N–H and O–H groups in total. The molecule has 1 unspecified atom stereocenters. The molecule has 0 bridgehead atoms. The van der Waals surface area contributed by atoms with Crippen molar-refractivity contribution in [1.82, 2.24) is 4.90 Å². The van der Waals surface area contributed by atoms with E-state index >= 15 is 0 Å². The number of carbonyl (C=O) groups excluding carboxylic acids is 1. The molecule has 1 heterocycles. The van der Waals surface area contributed by atoms with Crippen LogP contribution >= 0.6 is 0 Å².